The minimum atomic E-state index is -0.974. The summed E-state index contributed by atoms with van der Waals surface area (Å²) in [5.41, 5.74) is 1.26. The van der Waals surface area contributed by atoms with Crippen molar-refractivity contribution < 1.29 is 14.6 Å². The Kier molecular flexibility index (Phi) is 4.47. The lowest BCUT2D eigenvalue weighted by Crippen LogP contribution is -2.45. The molecule has 0 radical (unpaired) electrons. The van der Waals surface area contributed by atoms with Gasteiger partial charge in [0.05, 0.1) is 29.5 Å². The summed E-state index contributed by atoms with van der Waals surface area (Å²) in [4.78, 5) is 15.5. The summed E-state index contributed by atoms with van der Waals surface area (Å²) in [6.07, 6.45) is 4.37. The summed E-state index contributed by atoms with van der Waals surface area (Å²) in [5, 5.41) is 24.0. The molecule has 0 saturated heterocycles. The van der Waals surface area contributed by atoms with Gasteiger partial charge in [0.2, 0.25) is 0 Å². The molecule has 1 aliphatic rings. The van der Waals surface area contributed by atoms with Crippen LogP contribution >= 0.6 is 11.6 Å². The molecule has 0 spiro atoms. The van der Waals surface area contributed by atoms with Gasteiger partial charge >= 0.3 is 0 Å². The third-order valence-corrected chi connectivity index (χ3v) is 4.83. The Hall–Kier alpha value is -2.29. The van der Waals surface area contributed by atoms with E-state index in [1.165, 1.54) is 6.20 Å². The lowest BCUT2D eigenvalue weighted by Gasteiger charge is -2.32. The quantitative estimate of drug-likeness (QED) is 0.558. The minimum absolute atomic E-state index is 0.0162. The fraction of sp³-hybridized carbons (Fsp3) is 0.353. The van der Waals surface area contributed by atoms with Crippen molar-refractivity contribution in [1.82, 2.24) is 19.9 Å². The molecule has 0 bridgehead atoms. The number of aliphatic hydroxyl groups is 2. The number of aromatic nitrogens is 4. The molecule has 0 aromatic carbocycles. The number of halogens is 2. The highest BCUT2D eigenvalue weighted by Crippen LogP contribution is 2.29. The number of rotatable bonds is 3. The molecule has 3 atom stereocenters. The Labute approximate surface area is 153 Å². The maximum absolute atomic E-state index is 14.2. The van der Waals surface area contributed by atoms with Gasteiger partial charge < -0.3 is 20.5 Å². The zero-order chi connectivity index (χ0) is 18.3. The maximum atomic E-state index is 14.2. The number of fused-ring (bicyclic) bond motifs is 1. The second kappa shape index (κ2) is 6.79. The molecule has 7 nitrogen and oxygen atoms in total. The van der Waals surface area contributed by atoms with E-state index in [0.717, 1.165) is 18.0 Å². The Morgan fingerprint density at radius 3 is 2.92 bits per heavy atom. The third kappa shape index (κ3) is 3.11. The molecule has 3 aromatic rings. The molecule has 4 N–H and O–H groups in total. The van der Waals surface area contributed by atoms with E-state index in [4.69, 9.17) is 11.6 Å². The van der Waals surface area contributed by atoms with Crippen LogP contribution in [0.25, 0.3) is 22.4 Å². The number of anilines is 1. The summed E-state index contributed by atoms with van der Waals surface area (Å²) >= 11 is 6.01. The van der Waals surface area contributed by atoms with E-state index < -0.39 is 24.1 Å². The van der Waals surface area contributed by atoms with Crippen molar-refractivity contribution in [2.45, 2.75) is 37.5 Å². The largest absolute Gasteiger partial charge is 0.390 e. The molecule has 1 unspecified atom stereocenters. The monoisotopic (exact) mass is 377 g/mol. The number of aromatic amines is 1. The second-order valence-electron chi connectivity index (χ2n) is 6.38. The number of H-pyrrole nitrogens is 1. The van der Waals surface area contributed by atoms with Crippen LogP contribution in [0.4, 0.5) is 10.2 Å². The molecule has 3 aromatic heterocycles. The average molecular weight is 378 g/mol. The molecule has 26 heavy (non-hydrogen) atoms. The molecule has 1 saturated carbocycles. The summed E-state index contributed by atoms with van der Waals surface area (Å²) in [5.74, 6) is -0.343. The van der Waals surface area contributed by atoms with Crippen molar-refractivity contribution in [2.24, 2.45) is 0 Å². The fourth-order valence-electron chi connectivity index (χ4n) is 3.25. The van der Waals surface area contributed by atoms with Gasteiger partial charge in [-0.3, -0.25) is 0 Å². The van der Waals surface area contributed by atoms with Crippen molar-refractivity contribution in [3.63, 3.8) is 0 Å². The maximum Gasteiger partial charge on any atom is 0.183 e. The molecular formula is C17H17ClFN5O2. The van der Waals surface area contributed by atoms with Crippen LogP contribution in [0.5, 0.6) is 0 Å². The highest BCUT2D eigenvalue weighted by atomic mass is 35.5. The summed E-state index contributed by atoms with van der Waals surface area (Å²) in [6, 6.07) is 1.26. The SMILES string of the molecule is O[C@@H]1C(Nc2nc(-c3c[nH]c4ncc(Cl)cc34)ncc2F)CCC[C@@H]1O. The average Bonchev–Trinajstić information content (AvgIpc) is 3.04. The van der Waals surface area contributed by atoms with Gasteiger partial charge in [-0.2, -0.15) is 0 Å². The van der Waals surface area contributed by atoms with Gasteiger partial charge in [-0.15, -0.1) is 0 Å². The van der Waals surface area contributed by atoms with Crippen LogP contribution in [-0.2, 0) is 0 Å². The van der Waals surface area contributed by atoms with Gasteiger partial charge in [0.1, 0.15) is 5.65 Å². The first-order valence-electron chi connectivity index (χ1n) is 8.31. The van der Waals surface area contributed by atoms with Crippen LogP contribution in [0.15, 0.2) is 24.7 Å². The third-order valence-electron chi connectivity index (χ3n) is 4.63. The van der Waals surface area contributed by atoms with E-state index in [1.54, 1.807) is 12.3 Å². The summed E-state index contributed by atoms with van der Waals surface area (Å²) < 4.78 is 14.2. The van der Waals surface area contributed by atoms with Crippen molar-refractivity contribution in [3.8, 4) is 11.4 Å². The van der Waals surface area contributed by atoms with Gasteiger partial charge in [-0.05, 0) is 25.3 Å². The molecule has 0 aliphatic heterocycles. The number of nitrogens with one attached hydrogen (secondary N) is 2. The van der Waals surface area contributed by atoms with E-state index in [0.29, 0.717) is 34.9 Å². The second-order valence-corrected chi connectivity index (χ2v) is 6.82. The van der Waals surface area contributed by atoms with E-state index in [1.807, 2.05) is 0 Å². The fourth-order valence-corrected chi connectivity index (χ4v) is 3.41. The van der Waals surface area contributed by atoms with Crippen LogP contribution in [0.3, 0.4) is 0 Å². The molecule has 136 valence electrons. The number of hydrogen-bond donors (Lipinski definition) is 4. The Morgan fingerprint density at radius 2 is 2.08 bits per heavy atom. The first kappa shape index (κ1) is 17.1. The van der Waals surface area contributed by atoms with Gasteiger partial charge in [0.15, 0.2) is 17.5 Å². The highest BCUT2D eigenvalue weighted by molar-refractivity contribution is 6.31. The van der Waals surface area contributed by atoms with Crippen molar-refractivity contribution in [3.05, 3.63) is 35.5 Å². The molecular weight excluding hydrogens is 361 g/mol. The normalized spacial score (nSPS) is 23.3. The molecule has 3 heterocycles. The lowest BCUT2D eigenvalue weighted by atomic mass is 9.90. The van der Waals surface area contributed by atoms with E-state index in [9.17, 15) is 14.6 Å². The molecule has 4 rings (SSSR count). The van der Waals surface area contributed by atoms with Crippen LogP contribution < -0.4 is 5.32 Å². The Bertz CT molecular complexity index is 950. The van der Waals surface area contributed by atoms with E-state index >= 15 is 0 Å². The summed E-state index contributed by atoms with van der Waals surface area (Å²) in [7, 11) is 0. The number of aliphatic hydroxyl groups excluding tert-OH is 2. The number of pyridine rings is 1. The van der Waals surface area contributed by atoms with Crippen molar-refractivity contribution >= 4 is 28.5 Å². The Morgan fingerprint density at radius 1 is 1.23 bits per heavy atom. The minimum Gasteiger partial charge on any atom is -0.390 e. The predicted molar refractivity (Wildman–Crippen MR) is 95.4 cm³/mol. The predicted octanol–water partition coefficient (Wildman–Crippen LogP) is 2.50. The van der Waals surface area contributed by atoms with Crippen LogP contribution in [-0.4, -0.2) is 48.4 Å². The molecule has 1 fully saturated rings. The van der Waals surface area contributed by atoms with Crippen molar-refractivity contribution in [2.75, 3.05) is 5.32 Å². The van der Waals surface area contributed by atoms with Gasteiger partial charge in [-0.25, -0.2) is 19.3 Å². The Balaban J connectivity index is 1.68. The van der Waals surface area contributed by atoms with Crippen LogP contribution in [0, 0.1) is 5.82 Å². The lowest BCUT2D eigenvalue weighted by molar-refractivity contribution is -0.0162. The standard InChI is InChI=1S/C17H17ClFN5O2/c18-8-4-9-10(6-21-15(9)20-5-8)16-22-7-11(19)17(24-16)23-12-2-1-3-13(25)14(12)26/h4-7,12-14,25-26H,1-3H2,(H,20,21)(H,22,23,24)/t12?,13-,14+/m0/s1. The molecule has 1 aliphatic carbocycles. The van der Waals surface area contributed by atoms with Crippen molar-refractivity contribution in [1.29, 1.82) is 0 Å². The number of hydrogen-bond acceptors (Lipinski definition) is 6. The van der Waals surface area contributed by atoms with Crippen LogP contribution in [0.2, 0.25) is 5.02 Å². The first-order chi connectivity index (χ1) is 12.5. The molecule has 9 heteroatoms. The van der Waals surface area contributed by atoms with Gasteiger partial charge in [-0.1, -0.05) is 11.6 Å². The smallest absolute Gasteiger partial charge is 0.183 e. The topological polar surface area (TPSA) is 107 Å². The zero-order valence-electron chi connectivity index (χ0n) is 13.7. The number of nitrogens with zero attached hydrogens (tertiary/aromatic N) is 3. The van der Waals surface area contributed by atoms with Gasteiger partial charge in [0.25, 0.3) is 0 Å². The van der Waals surface area contributed by atoms with E-state index in [-0.39, 0.29) is 5.82 Å². The molecule has 0 amide bonds. The van der Waals surface area contributed by atoms with Gasteiger partial charge in [0, 0.05) is 23.3 Å². The highest BCUT2D eigenvalue weighted by Gasteiger charge is 2.31. The summed E-state index contributed by atoms with van der Waals surface area (Å²) in [6.45, 7) is 0. The zero-order valence-corrected chi connectivity index (χ0v) is 14.4. The first-order valence-corrected chi connectivity index (χ1v) is 8.69. The van der Waals surface area contributed by atoms with E-state index in [2.05, 4.69) is 25.3 Å². The van der Waals surface area contributed by atoms with Crippen LogP contribution in [0.1, 0.15) is 19.3 Å².